The maximum absolute atomic E-state index is 13.2. The highest BCUT2D eigenvalue weighted by Gasteiger charge is 2.31. The zero-order chi connectivity index (χ0) is 34.4. The quantitative estimate of drug-likeness (QED) is 0.179. The van der Waals surface area contributed by atoms with Crippen LogP contribution in [-0.4, -0.2) is 50.1 Å². The highest BCUT2D eigenvalue weighted by Crippen LogP contribution is 2.38. The van der Waals surface area contributed by atoms with E-state index in [9.17, 15) is 22.8 Å². The van der Waals surface area contributed by atoms with Gasteiger partial charge in [-0.15, -0.1) is 0 Å². The van der Waals surface area contributed by atoms with Gasteiger partial charge in [-0.1, -0.05) is 42.5 Å². The van der Waals surface area contributed by atoms with Gasteiger partial charge >= 0.3 is 18.3 Å². The molecule has 0 aliphatic carbocycles. The molecule has 48 heavy (non-hydrogen) atoms. The number of alkyl halides is 3. The second kappa shape index (κ2) is 12.2. The molecule has 3 heterocycles. The number of nitrogens with one attached hydrogen (secondary N) is 2. The molecule has 0 fully saturated rings. The maximum atomic E-state index is 13.2. The lowest BCUT2D eigenvalue weighted by Crippen LogP contribution is -2.39. The molecule has 0 spiro atoms. The molecule has 6 rings (SSSR count). The fourth-order valence-corrected chi connectivity index (χ4v) is 5.81. The van der Waals surface area contributed by atoms with Crippen LogP contribution in [0, 0.1) is 6.92 Å². The molecule has 3 aromatic carbocycles. The van der Waals surface area contributed by atoms with Crippen LogP contribution < -0.4 is 16.4 Å². The Hall–Kier alpha value is -5.59. The van der Waals surface area contributed by atoms with Crippen LogP contribution in [0.15, 0.2) is 72.9 Å². The highest BCUT2D eigenvalue weighted by molar-refractivity contribution is 6.11. The number of ether oxygens (including phenoxy) is 1. The summed E-state index contributed by atoms with van der Waals surface area (Å²) in [6.45, 7) is 8.22. The molecular weight excluding hydrogens is 623 g/mol. The van der Waals surface area contributed by atoms with Gasteiger partial charge in [-0.3, -0.25) is 4.40 Å². The first-order valence-corrected chi connectivity index (χ1v) is 15.3. The van der Waals surface area contributed by atoms with Gasteiger partial charge in [0.25, 0.3) is 0 Å². The number of aromatic nitrogens is 3. The Morgan fingerprint density at radius 3 is 2.46 bits per heavy atom. The van der Waals surface area contributed by atoms with Crippen molar-refractivity contribution in [3.8, 4) is 11.3 Å². The number of rotatable bonds is 4. The van der Waals surface area contributed by atoms with E-state index in [0.29, 0.717) is 47.6 Å². The first kappa shape index (κ1) is 32.4. The van der Waals surface area contributed by atoms with Crippen LogP contribution in [0.5, 0.6) is 0 Å². The van der Waals surface area contributed by atoms with Crippen molar-refractivity contribution < 1.29 is 27.5 Å². The normalized spacial score (nSPS) is 13.8. The first-order chi connectivity index (χ1) is 22.7. The van der Waals surface area contributed by atoms with Gasteiger partial charge in [0, 0.05) is 23.2 Å². The topological polar surface area (TPSA) is 127 Å². The van der Waals surface area contributed by atoms with Crippen molar-refractivity contribution in [3.05, 3.63) is 90.0 Å². The number of urea groups is 1. The van der Waals surface area contributed by atoms with Crippen LogP contribution >= 0.6 is 0 Å². The molecule has 0 unspecified atom stereocenters. The number of anilines is 3. The number of carbonyl (C=O) groups excluding carboxylic acids is 2. The van der Waals surface area contributed by atoms with Crippen LogP contribution in [-0.2, 0) is 10.9 Å². The van der Waals surface area contributed by atoms with Crippen LogP contribution in [0.3, 0.4) is 0 Å². The molecule has 4 N–H and O–H groups in total. The summed E-state index contributed by atoms with van der Waals surface area (Å²) in [7, 11) is 0. The summed E-state index contributed by atoms with van der Waals surface area (Å²) in [4.78, 5) is 36.9. The van der Waals surface area contributed by atoms with E-state index < -0.39 is 23.4 Å². The zero-order valence-electron chi connectivity index (χ0n) is 26.8. The fourth-order valence-electron chi connectivity index (χ4n) is 5.81. The van der Waals surface area contributed by atoms with Crippen LogP contribution in [0.4, 0.5) is 40.0 Å². The minimum Gasteiger partial charge on any atom is -0.444 e. The first-order valence-electron chi connectivity index (χ1n) is 15.3. The van der Waals surface area contributed by atoms with Gasteiger partial charge in [0.2, 0.25) is 0 Å². The van der Waals surface area contributed by atoms with E-state index in [-0.39, 0.29) is 17.6 Å². The average Bonchev–Trinajstić information content (AvgIpc) is 3.38. The van der Waals surface area contributed by atoms with Crippen molar-refractivity contribution in [1.82, 2.24) is 19.3 Å². The molecule has 0 radical (unpaired) electrons. The van der Waals surface area contributed by atoms with Crippen molar-refractivity contribution >= 4 is 51.2 Å². The molecule has 248 valence electrons. The predicted octanol–water partition coefficient (Wildman–Crippen LogP) is 8.13. The minimum absolute atomic E-state index is 0.00396. The van der Waals surface area contributed by atoms with Gasteiger partial charge in [-0.05, 0) is 69.3 Å². The Morgan fingerprint density at radius 1 is 0.979 bits per heavy atom. The van der Waals surface area contributed by atoms with E-state index in [0.717, 1.165) is 34.3 Å². The van der Waals surface area contributed by atoms with E-state index in [1.807, 2.05) is 56.4 Å². The number of hydrogen-bond acceptors (Lipinski definition) is 6. The molecule has 0 atom stereocenters. The zero-order valence-corrected chi connectivity index (χ0v) is 26.8. The lowest BCUT2D eigenvalue weighted by molar-refractivity contribution is -0.137. The van der Waals surface area contributed by atoms with Gasteiger partial charge in [-0.2, -0.15) is 13.2 Å². The number of halogens is 3. The number of aryl methyl sites for hydroxylation is 1. The number of nitrogens with zero attached hydrogens (tertiary/aromatic N) is 4. The van der Waals surface area contributed by atoms with Gasteiger partial charge in [0.15, 0.2) is 0 Å². The predicted molar refractivity (Wildman–Crippen MR) is 180 cm³/mol. The van der Waals surface area contributed by atoms with Crippen LogP contribution in [0.25, 0.3) is 33.1 Å². The number of nitrogens with two attached hydrogens (primary N) is 1. The molecule has 1 aliphatic rings. The van der Waals surface area contributed by atoms with Crippen molar-refractivity contribution in [1.29, 1.82) is 0 Å². The Kier molecular flexibility index (Phi) is 8.23. The Bertz CT molecular complexity index is 2100. The molecule has 3 amide bonds. The van der Waals surface area contributed by atoms with Gasteiger partial charge in [0.05, 0.1) is 29.7 Å². The third-order valence-corrected chi connectivity index (χ3v) is 7.86. The summed E-state index contributed by atoms with van der Waals surface area (Å²) < 4.78 is 47.1. The van der Waals surface area contributed by atoms with Gasteiger partial charge in [0.1, 0.15) is 28.5 Å². The molecule has 1 aliphatic heterocycles. The maximum Gasteiger partial charge on any atom is 0.416 e. The van der Waals surface area contributed by atoms with E-state index in [1.54, 1.807) is 23.2 Å². The number of imidazole rings is 1. The minimum atomic E-state index is -4.54. The SMILES string of the molecule is Cc1nc(-c2ccc(NC(=O)Nc3cccc(C(F)(F)F)c3)c3ccccc23)c2c(N)ncc(C3=CCCN(C(=O)OC(C)(C)C)C3)n12. The molecule has 10 nitrogen and oxygen atoms in total. The summed E-state index contributed by atoms with van der Waals surface area (Å²) in [5.74, 6) is 0.924. The van der Waals surface area contributed by atoms with E-state index in [1.165, 1.54) is 12.1 Å². The summed E-state index contributed by atoms with van der Waals surface area (Å²) in [6.07, 6.45) is -0.531. The number of hydrogen-bond donors (Lipinski definition) is 3. The summed E-state index contributed by atoms with van der Waals surface area (Å²) in [5, 5.41) is 6.67. The summed E-state index contributed by atoms with van der Waals surface area (Å²) in [5.41, 5.74) is 8.99. The third-order valence-electron chi connectivity index (χ3n) is 7.86. The molecule has 0 bridgehead atoms. The molecule has 0 saturated carbocycles. The standard InChI is InChI=1S/C35H34F3N7O3/c1-20-41-29(30-31(39)40-18-28(45(20)30)21-9-8-16-44(19-21)33(47)48-34(2,3)4)26-14-15-27(25-13-6-5-12-24(25)26)43-32(46)42-23-11-7-10-22(17-23)35(36,37)38/h5-7,9-15,17-18H,8,16,19H2,1-4H3,(H2,39,40)(H2,42,43,46). The highest BCUT2D eigenvalue weighted by atomic mass is 19.4. The second-order valence-electron chi connectivity index (χ2n) is 12.5. The van der Waals surface area contributed by atoms with Gasteiger partial charge in [-0.25, -0.2) is 19.6 Å². The molecule has 13 heteroatoms. The van der Waals surface area contributed by atoms with Crippen molar-refractivity contribution in [3.63, 3.8) is 0 Å². The number of benzene rings is 3. The lowest BCUT2D eigenvalue weighted by atomic mass is 10.00. The lowest BCUT2D eigenvalue weighted by Gasteiger charge is -2.30. The van der Waals surface area contributed by atoms with E-state index in [4.69, 9.17) is 15.5 Å². The fraction of sp³-hybridized carbons (Fsp3) is 0.257. The number of nitrogen functional groups attached to an aromatic ring is 1. The van der Waals surface area contributed by atoms with Crippen LogP contribution in [0.1, 0.15) is 44.3 Å². The second-order valence-corrected chi connectivity index (χ2v) is 12.5. The largest absolute Gasteiger partial charge is 0.444 e. The molecule has 2 aromatic heterocycles. The van der Waals surface area contributed by atoms with Crippen molar-refractivity contribution in [2.75, 3.05) is 29.5 Å². The molecule has 5 aromatic rings. The summed E-state index contributed by atoms with van der Waals surface area (Å²) >= 11 is 0. The smallest absolute Gasteiger partial charge is 0.416 e. The Morgan fingerprint density at radius 2 is 1.73 bits per heavy atom. The molecule has 0 saturated heterocycles. The summed E-state index contributed by atoms with van der Waals surface area (Å²) in [6, 6.07) is 14.6. The van der Waals surface area contributed by atoms with E-state index >= 15 is 0 Å². The number of carbonyl (C=O) groups is 2. The number of fused-ring (bicyclic) bond motifs is 2. The monoisotopic (exact) mass is 657 g/mol. The van der Waals surface area contributed by atoms with E-state index in [2.05, 4.69) is 21.7 Å². The van der Waals surface area contributed by atoms with Crippen LogP contribution in [0.2, 0.25) is 0 Å². The Labute approximate surface area is 274 Å². The van der Waals surface area contributed by atoms with Gasteiger partial charge < -0.3 is 26.0 Å². The number of amides is 3. The average molecular weight is 658 g/mol. The third kappa shape index (κ3) is 6.48. The van der Waals surface area contributed by atoms with Crippen molar-refractivity contribution in [2.24, 2.45) is 0 Å². The molecular formula is C35H34F3N7O3. The Balaban J connectivity index is 1.34. The van der Waals surface area contributed by atoms with Crippen molar-refractivity contribution in [2.45, 2.75) is 45.9 Å².